The van der Waals surface area contributed by atoms with Gasteiger partial charge >= 0.3 is 0 Å². The largest absolute Gasteiger partial charge is 0.507 e. The van der Waals surface area contributed by atoms with Crippen molar-refractivity contribution in [2.75, 3.05) is 0 Å². The van der Waals surface area contributed by atoms with Gasteiger partial charge in [-0.15, -0.1) is 0 Å². The molecule has 0 aliphatic rings. The summed E-state index contributed by atoms with van der Waals surface area (Å²) < 4.78 is 5.96. The first-order valence-corrected chi connectivity index (χ1v) is 12.0. The third kappa shape index (κ3) is 5.60. The van der Waals surface area contributed by atoms with Crippen molar-refractivity contribution in [2.45, 2.75) is 84.8 Å². The molecule has 0 bridgehead atoms. The minimum Gasteiger partial charge on any atom is -0.507 e. The summed E-state index contributed by atoms with van der Waals surface area (Å²) in [6, 6.07) is 1.06. The van der Waals surface area contributed by atoms with Crippen molar-refractivity contribution < 1.29 is 35.1 Å². The van der Waals surface area contributed by atoms with Crippen molar-refractivity contribution in [3.05, 3.63) is 44.6 Å². The molecule has 0 saturated heterocycles. The molecule has 0 fully saturated rings. The van der Waals surface area contributed by atoms with Gasteiger partial charge in [-0.1, -0.05) is 11.6 Å². The van der Waals surface area contributed by atoms with Crippen LogP contribution in [-0.4, -0.2) is 41.8 Å². The van der Waals surface area contributed by atoms with E-state index >= 15 is 0 Å². The fourth-order valence-electron chi connectivity index (χ4n) is 4.28. The number of hydrogen-bond donors (Lipinski definition) is 6. The van der Waals surface area contributed by atoms with Gasteiger partial charge in [-0.25, -0.2) is 0 Å². The summed E-state index contributed by atoms with van der Waals surface area (Å²) in [6.07, 6.45) is 2.87. The molecule has 6 N–H and O–H groups in total. The first-order chi connectivity index (χ1) is 16.5. The molecule has 1 heterocycles. The molecule has 8 heteroatoms. The molecule has 196 valence electrons. The Hall–Kier alpha value is -3.23. The predicted molar refractivity (Wildman–Crippen MR) is 139 cm³/mol. The van der Waals surface area contributed by atoms with E-state index in [4.69, 9.17) is 4.42 Å². The number of benzene rings is 2. The van der Waals surface area contributed by atoms with Crippen molar-refractivity contribution in [3.63, 3.8) is 0 Å². The van der Waals surface area contributed by atoms with Gasteiger partial charge < -0.3 is 35.1 Å². The third-order valence-electron chi connectivity index (χ3n) is 6.30. The average Bonchev–Trinajstić information content (AvgIpc) is 2.72. The lowest BCUT2D eigenvalue weighted by Gasteiger charge is -2.21. The van der Waals surface area contributed by atoms with Crippen molar-refractivity contribution in [3.8, 4) is 23.0 Å². The summed E-state index contributed by atoms with van der Waals surface area (Å²) in [4.78, 5) is 13.9. The second-order valence-corrected chi connectivity index (χ2v) is 11.0. The standard InChI is InChI=1S/C28H36O8/c1-14(2)7-8-16-15(9-11-27(3,4)34)20-23(32)21-19(30)13-18(29)17(10-12-28(5,6)35)25(21)36-26(20)24(33)22(16)31/h7,13,29-31,33-35H,8-12H2,1-6H3. The molecule has 0 radical (unpaired) electrons. The van der Waals surface area contributed by atoms with Gasteiger partial charge in [0.1, 0.15) is 22.5 Å². The van der Waals surface area contributed by atoms with Gasteiger partial charge in [0, 0.05) is 17.2 Å². The number of aryl methyl sites for hydroxylation is 2. The fraction of sp³-hybridized carbons (Fsp3) is 0.464. The highest BCUT2D eigenvalue weighted by Crippen LogP contribution is 2.44. The smallest absolute Gasteiger partial charge is 0.204 e. The van der Waals surface area contributed by atoms with E-state index in [1.807, 2.05) is 19.9 Å². The van der Waals surface area contributed by atoms with Gasteiger partial charge in [0.15, 0.2) is 11.3 Å². The lowest BCUT2D eigenvalue weighted by molar-refractivity contribution is 0.0707. The van der Waals surface area contributed by atoms with Crippen LogP contribution in [0.5, 0.6) is 23.0 Å². The van der Waals surface area contributed by atoms with Crippen LogP contribution in [0.15, 0.2) is 26.9 Å². The highest BCUT2D eigenvalue weighted by atomic mass is 16.4. The monoisotopic (exact) mass is 500 g/mol. The maximum atomic E-state index is 13.9. The first-order valence-electron chi connectivity index (χ1n) is 12.0. The molecule has 0 amide bonds. The molecular formula is C28H36O8. The van der Waals surface area contributed by atoms with Crippen LogP contribution in [0.3, 0.4) is 0 Å². The SMILES string of the molecule is CC(C)=CCc1c(O)c(O)c2oc3c(CCC(C)(C)O)c(O)cc(O)c3c(=O)c2c1CCC(C)(C)O. The summed E-state index contributed by atoms with van der Waals surface area (Å²) in [5.74, 6) is -1.87. The second-order valence-electron chi connectivity index (χ2n) is 11.0. The zero-order valence-electron chi connectivity index (χ0n) is 21.7. The number of rotatable bonds is 8. The van der Waals surface area contributed by atoms with Crippen LogP contribution >= 0.6 is 0 Å². The lowest BCUT2D eigenvalue weighted by Crippen LogP contribution is -2.20. The predicted octanol–water partition coefficient (Wildman–Crippen LogP) is 4.68. The van der Waals surface area contributed by atoms with Crippen molar-refractivity contribution in [1.29, 1.82) is 0 Å². The Morgan fingerprint density at radius 3 is 1.89 bits per heavy atom. The fourth-order valence-corrected chi connectivity index (χ4v) is 4.28. The van der Waals surface area contributed by atoms with Crippen LogP contribution in [-0.2, 0) is 19.3 Å². The molecule has 0 unspecified atom stereocenters. The van der Waals surface area contributed by atoms with Crippen molar-refractivity contribution >= 4 is 21.9 Å². The van der Waals surface area contributed by atoms with E-state index < -0.39 is 33.9 Å². The summed E-state index contributed by atoms with van der Waals surface area (Å²) >= 11 is 0. The van der Waals surface area contributed by atoms with Crippen LogP contribution < -0.4 is 5.43 Å². The van der Waals surface area contributed by atoms with E-state index in [9.17, 15) is 35.4 Å². The van der Waals surface area contributed by atoms with E-state index in [1.165, 1.54) is 0 Å². The Bertz CT molecular complexity index is 1390. The van der Waals surface area contributed by atoms with Gasteiger partial charge in [0.25, 0.3) is 0 Å². The summed E-state index contributed by atoms with van der Waals surface area (Å²) in [6.45, 7) is 10.2. The summed E-state index contributed by atoms with van der Waals surface area (Å²) in [5.41, 5.74) is -1.28. The Morgan fingerprint density at radius 1 is 0.806 bits per heavy atom. The van der Waals surface area contributed by atoms with Crippen LogP contribution in [0.1, 0.15) is 71.1 Å². The maximum Gasteiger partial charge on any atom is 0.204 e. The minimum atomic E-state index is -1.07. The molecule has 1 aromatic heterocycles. The Labute approximate surface area is 209 Å². The molecule has 2 aromatic carbocycles. The normalized spacial score (nSPS) is 12.4. The summed E-state index contributed by atoms with van der Waals surface area (Å²) in [7, 11) is 0. The van der Waals surface area contributed by atoms with Crippen LogP contribution in [0, 0.1) is 0 Å². The highest BCUT2D eigenvalue weighted by molar-refractivity contribution is 6.00. The first kappa shape index (κ1) is 27.4. The number of aliphatic hydroxyl groups is 2. The summed E-state index contributed by atoms with van der Waals surface area (Å²) in [5, 5.41) is 63.3. The number of phenols is 4. The van der Waals surface area contributed by atoms with E-state index in [0.29, 0.717) is 11.1 Å². The van der Waals surface area contributed by atoms with Gasteiger partial charge in [0.2, 0.25) is 11.2 Å². The van der Waals surface area contributed by atoms with Gasteiger partial charge in [-0.3, -0.25) is 4.79 Å². The van der Waals surface area contributed by atoms with E-state index in [1.54, 1.807) is 27.7 Å². The molecule has 0 aliphatic heterocycles. The molecule has 3 aromatic rings. The molecule has 0 spiro atoms. The molecular weight excluding hydrogens is 464 g/mol. The average molecular weight is 501 g/mol. The lowest BCUT2D eigenvalue weighted by atomic mass is 9.89. The zero-order valence-corrected chi connectivity index (χ0v) is 21.7. The Balaban J connectivity index is 2.46. The molecule has 0 saturated carbocycles. The van der Waals surface area contributed by atoms with Crippen LogP contribution in [0.4, 0.5) is 0 Å². The van der Waals surface area contributed by atoms with Crippen LogP contribution in [0.2, 0.25) is 0 Å². The molecule has 3 rings (SSSR count). The Kier molecular flexibility index (Phi) is 7.35. The second kappa shape index (κ2) is 9.67. The maximum absolute atomic E-state index is 13.9. The third-order valence-corrected chi connectivity index (χ3v) is 6.30. The number of hydrogen-bond acceptors (Lipinski definition) is 8. The molecule has 0 aliphatic carbocycles. The topological polar surface area (TPSA) is 152 Å². The quantitative estimate of drug-likeness (QED) is 0.148. The van der Waals surface area contributed by atoms with E-state index in [0.717, 1.165) is 11.6 Å². The Morgan fingerprint density at radius 2 is 1.36 bits per heavy atom. The van der Waals surface area contributed by atoms with E-state index in [-0.39, 0.29) is 65.4 Å². The van der Waals surface area contributed by atoms with Gasteiger partial charge in [0.05, 0.1) is 16.6 Å². The van der Waals surface area contributed by atoms with Crippen molar-refractivity contribution in [1.82, 2.24) is 0 Å². The molecule has 0 atom stereocenters. The molecule has 36 heavy (non-hydrogen) atoms. The number of aromatic hydroxyl groups is 4. The number of phenolic OH excluding ortho intramolecular Hbond substituents is 4. The van der Waals surface area contributed by atoms with Gasteiger partial charge in [-0.05, 0) is 79.2 Å². The number of fused-ring (bicyclic) bond motifs is 2. The minimum absolute atomic E-state index is 0.00589. The highest BCUT2D eigenvalue weighted by Gasteiger charge is 2.28. The van der Waals surface area contributed by atoms with E-state index in [2.05, 4.69) is 0 Å². The van der Waals surface area contributed by atoms with Crippen molar-refractivity contribution in [2.24, 2.45) is 0 Å². The number of allylic oxidation sites excluding steroid dienone is 2. The van der Waals surface area contributed by atoms with Crippen LogP contribution in [0.25, 0.3) is 21.9 Å². The molecule has 8 nitrogen and oxygen atoms in total. The zero-order chi connectivity index (χ0) is 27.2. The van der Waals surface area contributed by atoms with Gasteiger partial charge in [-0.2, -0.15) is 0 Å².